The van der Waals surface area contributed by atoms with E-state index in [0.29, 0.717) is 16.6 Å². The molecule has 0 aliphatic carbocycles. The third-order valence-electron chi connectivity index (χ3n) is 2.63. The maximum absolute atomic E-state index is 13.5. The molecule has 2 aromatic heterocycles. The average Bonchev–Trinajstić information content (AvgIpc) is 2.72. The summed E-state index contributed by atoms with van der Waals surface area (Å²) in [6.07, 6.45) is 1.39. The molecular weight excluding hydrogens is 222 g/mol. The summed E-state index contributed by atoms with van der Waals surface area (Å²) in [5, 5.41) is 0.711. The molecule has 2 nitrogen and oxygen atoms in total. The van der Waals surface area contributed by atoms with Crippen molar-refractivity contribution < 1.29 is 8.78 Å². The monoisotopic (exact) mass is 230 g/mol. The van der Waals surface area contributed by atoms with Crippen LogP contribution in [0.15, 0.2) is 42.6 Å². The van der Waals surface area contributed by atoms with Gasteiger partial charge in [-0.25, -0.2) is 9.37 Å². The molecule has 0 fully saturated rings. The predicted molar refractivity (Wildman–Crippen MR) is 61.4 cm³/mol. The van der Waals surface area contributed by atoms with Crippen molar-refractivity contribution in [3.63, 3.8) is 0 Å². The zero-order chi connectivity index (χ0) is 11.8. The summed E-state index contributed by atoms with van der Waals surface area (Å²) in [4.78, 5) is 6.62. The van der Waals surface area contributed by atoms with Gasteiger partial charge < -0.3 is 4.98 Å². The standard InChI is InChI=1S/C13H8F2N2/c14-9-3-4-11-8(6-9)7-12(17-11)10-2-1-5-16-13(10)15/h1-7,17H. The van der Waals surface area contributed by atoms with Gasteiger partial charge >= 0.3 is 0 Å². The van der Waals surface area contributed by atoms with Crippen molar-refractivity contribution in [1.29, 1.82) is 0 Å². The van der Waals surface area contributed by atoms with E-state index in [1.807, 2.05) is 0 Å². The second-order valence-electron chi connectivity index (χ2n) is 3.76. The molecule has 0 bridgehead atoms. The molecule has 0 radical (unpaired) electrons. The third-order valence-corrected chi connectivity index (χ3v) is 2.63. The lowest BCUT2D eigenvalue weighted by Crippen LogP contribution is -1.86. The summed E-state index contributed by atoms with van der Waals surface area (Å²) in [7, 11) is 0. The topological polar surface area (TPSA) is 28.7 Å². The van der Waals surface area contributed by atoms with Gasteiger partial charge in [-0.15, -0.1) is 0 Å². The van der Waals surface area contributed by atoms with Gasteiger partial charge in [-0.1, -0.05) is 0 Å². The summed E-state index contributed by atoms with van der Waals surface area (Å²) in [5.74, 6) is -0.853. The van der Waals surface area contributed by atoms with Crippen molar-refractivity contribution in [2.75, 3.05) is 0 Å². The van der Waals surface area contributed by atoms with Gasteiger partial charge in [0.25, 0.3) is 0 Å². The Labute approximate surface area is 95.9 Å². The van der Waals surface area contributed by atoms with E-state index in [1.54, 1.807) is 24.3 Å². The number of aromatic amines is 1. The second-order valence-corrected chi connectivity index (χ2v) is 3.76. The number of hydrogen-bond acceptors (Lipinski definition) is 1. The first kappa shape index (κ1) is 9.96. The first-order valence-corrected chi connectivity index (χ1v) is 5.13. The number of pyridine rings is 1. The van der Waals surface area contributed by atoms with Crippen LogP contribution in [0.3, 0.4) is 0 Å². The van der Waals surface area contributed by atoms with Crippen LogP contribution < -0.4 is 0 Å². The number of aromatic nitrogens is 2. The molecule has 0 aliphatic rings. The van der Waals surface area contributed by atoms with Crippen LogP contribution in [0, 0.1) is 11.8 Å². The number of nitrogens with one attached hydrogen (secondary N) is 1. The normalized spacial score (nSPS) is 10.9. The van der Waals surface area contributed by atoms with Gasteiger partial charge in [-0.3, -0.25) is 0 Å². The second kappa shape index (κ2) is 3.66. The zero-order valence-corrected chi connectivity index (χ0v) is 8.74. The maximum atomic E-state index is 13.5. The van der Waals surface area contributed by atoms with Crippen molar-refractivity contribution >= 4 is 10.9 Å². The Kier molecular flexibility index (Phi) is 2.14. The Morgan fingerprint density at radius 2 is 1.94 bits per heavy atom. The quantitative estimate of drug-likeness (QED) is 0.637. The van der Waals surface area contributed by atoms with Crippen molar-refractivity contribution in [3.8, 4) is 11.3 Å². The summed E-state index contributed by atoms with van der Waals surface area (Å²) in [6, 6.07) is 9.39. The molecule has 0 saturated carbocycles. The van der Waals surface area contributed by atoms with Crippen LogP contribution >= 0.6 is 0 Å². The van der Waals surface area contributed by atoms with E-state index >= 15 is 0 Å². The van der Waals surface area contributed by atoms with Crippen LogP contribution in [0.5, 0.6) is 0 Å². The SMILES string of the molecule is Fc1ccc2[nH]c(-c3cccnc3F)cc2c1. The fourth-order valence-electron chi connectivity index (χ4n) is 1.84. The molecule has 2 heterocycles. The minimum atomic E-state index is -0.542. The molecule has 4 heteroatoms. The lowest BCUT2D eigenvalue weighted by molar-refractivity contribution is 0.587. The maximum Gasteiger partial charge on any atom is 0.222 e. The third kappa shape index (κ3) is 1.67. The van der Waals surface area contributed by atoms with Crippen molar-refractivity contribution in [2.45, 2.75) is 0 Å². The van der Waals surface area contributed by atoms with Crippen molar-refractivity contribution in [1.82, 2.24) is 9.97 Å². The smallest absolute Gasteiger partial charge is 0.222 e. The molecule has 3 aromatic rings. The number of rotatable bonds is 1. The molecular formula is C13H8F2N2. The number of fused-ring (bicyclic) bond motifs is 1. The van der Waals surface area contributed by atoms with Crippen LogP contribution in [0.1, 0.15) is 0 Å². The van der Waals surface area contributed by atoms with E-state index in [2.05, 4.69) is 9.97 Å². The Morgan fingerprint density at radius 1 is 1.06 bits per heavy atom. The minimum absolute atomic E-state index is 0.310. The molecule has 17 heavy (non-hydrogen) atoms. The summed E-state index contributed by atoms with van der Waals surface area (Å²) in [5.41, 5.74) is 1.74. The number of benzene rings is 1. The molecule has 0 spiro atoms. The average molecular weight is 230 g/mol. The highest BCUT2D eigenvalue weighted by Crippen LogP contribution is 2.25. The molecule has 3 rings (SSSR count). The predicted octanol–water partition coefficient (Wildman–Crippen LogP) is 3.51. The van der Waals surface area contributed by atoms with Gasteiger partial charge in [-0.05, 0) is 36.4 Å². The van der Waals surface area contributed by atoms with Crippen molar-refractivity contribution in [2.24, 2.45) is 0 Å². The highest BCUT2D eigenvalue weighted by Gasteiger charge is 2.08. The number of hydrogen-bond donors (Lipinski definition) is 1. The van der Waals surface area contributed by atoms with E-state index in [0.717, 1.165) is 5.52 Å². The van der Waals surface area contributed by atoms with Gasteiger partial charge in [-0.2, -0.15) is 4.39 Å². The van der Waals surface area contributed by atoms with E-state index in [9.17, 15) is 8.78 Å². The van der Waals surface area contributed by atoms with Crippen LogP contribution in [-0.4, -0.2) is 9.97 Å². The number of H-pyrrole nitrogens is 1. The van der Waals surface area contributed by atoms with E-state index < -0.39 is 5.95 Å². The van der Waals surface area contributed by atoms with Crippen LogP contribution in [0.25, 0.3) is 22.2 Å². The van der Waals surface area contributed by atoms with Gasteiger partial charge in [0.1, 0.15) is 5.82 Å². The number of nitrogens with zero attached hydrogens (tertiary/aromatic N) is 1. The summed E-state index contributed by atoms with van der Waals surface area (Å²) in [6.45, 7) is 0. The first-order chi connectivity index (χ1) is 8.24. The summed E-state index contributed by atoms with van der Waals surface area (Å²) < 4.78 is 26.5. The molecule has 0 atom stereocenters. The van der Waals surface area contributed by atoms with Crippen molar-refractivity contribution in [3.05, 3.63) is 54.4 Å². The molecule has 0 unspecified atom stereocenters. The largest absolute Gasteiger partial charge is 0.354 e. The molecule has 0 aliphatic heterocycles. The minimum Gasteiger partial charge on any atom is -0.354 e. The lowest BCUT2D eigenvalue weighted by Gasteiger charge is -1.97. The van der Waals surface area contributed by atoms with E-state index in [4.69, 9.17) is 0 Å². The van der Waals surface area contributed by atoms with Gasteiger partial charge in [0.05, 0.1) is 11.3 Å². The molecule has 0 amide bonds. The van der Waals surface area contributed by atoms with Crippen LogP contribution in [0.2, 0.25) is 0 Å². The Morgan fingerprint density at radius 3 is 2.76 bits per heavy atom. The molecule has 0 saturated heterocycles. The zero-order valence-electron chi connectivity index (χ0n) is 8.74. The molecule has 84 valence electrons. The van der Waals surface area contributed by atoms with Crippen LogP contribution in [-0.2, 0) is 0 Å². The van der Waals surface area contributed by atoms with E-state index in [1.165, 1.54) is 18.3 Å². The Bertz CT molecular complexity index is 689. The van der Waals surface area contributed by atoms with Gasteiger partial charge in [0, 0.05) is 17.1 Å². The molecule has 1 aromatic carbocycles. The lowest BCUT2D eigenvalue weighted by atomic mass is 10.2. The Balaban J connectivity index is 2.22. The highest BCUT2D eigenvalue weighted by molar-refractivity contribution is 5.85. The highest BCUT2D eigenvalue weighted by atomic mass is 19.1. The Hall–Kier alpha value is -2.23. The van der Waals surface area contributed by atoms with Gasteiger partial charge in [0.15, 0.2) is 0 Å². The van der Waals surface area contributed by atoms with Gasteiger partial charge in [0.2, 0.25) is 5.95 Å². The molecule has 1 N–H and O–H groups in total. The number of halogens is 2. The fraction of sp³-hybridized carbons (Fsp3) is 0. The summed E-state index contributed by atoms with van der Waals surface area (Å²) >= 11 is 0. The van der Waals surface area contributed by atoms with Crippen LogP contribution in [0.4, 0.5) is 8.78 Å². The van der Waals surface area contributed by atoms with E-state index in [-0.39, 0.29) is 5.82 Å². The first-order valence-electron chi connectivity index (χ1n) is 5.13. The fourth-order valence-corrected chi connectivity index (χ4v) is 1.84.